The number of carbonyl (C=O) groups is 6. The fourth-order valence-corrected chi connectivity index (χ4v) is 5.18. The minimum Gasteiger partial charge on any atom is -0.493 e. The molecule has 2 rings (SSSR count). The zero-order valence-electron chi connectivity index (χ0n) is 33.2. The second-order valence-electron chi connectivity index (χ2n) is 12.5. The number of hydrogen-bond donors (Lipinski definition) is 3. The van der Waals surface area contributed by atoms with E-state index in [9.17, 15) is 38.9 Å². The molecule has 1 fully saturated rings. The van der Waals surface area contributed by atoms with Gasteiger partial charge < -0.3 is 39.6 Å². The quantitative estimate of drug-likeness (QED) is 0.0404. The lowest BCUT2D eigenvalue weighted by Gasteiger charge is -2.17. The van der Waals surface area contributed by atoms with Crippen LogP contribution in [0, 0.1) is 22.0 Å². The number of nitrogens with one attached hydrogen (secondary N) is 3. The van der Waals surface area contributed by atoms with Crippen molar-refractivity contribution in [2.45, 2.75) is 86.2 Å². The van der Waals surface area contributed by atoms with E-state index in [-0.39, 0.29) is 155 Å². The highest BCUT2D eigenvalue weighted by molar-refractivity contribution is 6.03. The second kappa shape index (κ2) is 26.9. The van der Waals surface area contributed by atoms with Gasteiger partial charge in [-0.1, -0.05) is 34.6 Å². The van der Waals surface area contributed by atoms with Gasteiger partial charge in [0.05, 0.1) is 56.7 Å². The largest absolute Gasteiger partial charge is 0.493 e. The zero-order valence-corrected chi connectivity index (χ0v) is 33.2. The monoisotopic (exact) mass is 781 g/mol. The van der Waals surface area contributed by atoms with Crippen LogP contribution in [0.2, 0.25) is 0 Å². The molecule has 3 N–H and O–H groups in total. The van der Waals surface area contributed by atoms with Crippen molar-refractivity contribution in [1.29, 1.82) is 0 Å². The maximum absolute atomic E-state index is 12.3. The molecular formula is C37H59N5O13. The molecule has 18 heteroatoms. The van der Waals surface area contributed by atoms with E-state index in [2.05, 4.69) is 16.0 Å². The SMILES string of the molecule is CC.CCC(=O)OC(C)c1cc(OC)c(OCCCC(=O)NCCNC(=O)CCOCCOCCNC(=O)CCN2C(=O)CC(C(C)C)C2=O)cc1[N+](=O)[O-]. The summed E-state index contributed by atoms with van der Waals surface area (Å²) in [5.74, 6) is -1.67. The number of carbonyl (C=O) groups excluding carboxylic acids is 6. The molecule has 0 aromatic heterocycles. The van der Waals surface area contributed by atoms with Gasteiger partial charge >= 0.3 is 5.97 Å². The molecule has 2 atom stereocenters. The van der Waals surface area contributed by atoms with Crippen LogP contribution in [0.25, 0.3) is 0 Å². The fourth-order valence-electron chi connectivity index (χ4n) is 5.18. The topological polar surface area (TPSA) is 231 Å². The predicted molar refractivity (Wildman–Crippen MR) is 200 cm³/mol. The van der Waals surface area contributed by atoms with Gasteiger partial charge in [0.25, 0.3) is 5.69 Å². The Labute approximate surface area is 322 Å². The van der Waals surface area contributed by atoms with E-state index in [0.29, 0.717) is 6.42 Å². The highest BCUT2D eigenvalue weighted by Crippen LogP contribution is 2.38. The van der Waals surface area contributed by atoms with E-state index >= 15 is 0 Å². The summed E-state index contributed by atoms with van der Waals surface area (Å²) >= 11 is 0. The van der Waals surface area contributed by atoms with Crippen LogP contribution in [0.3, 0.4) is 0 Å². The van der Waals surface area contributed by atoms with Crippen LogP contribution in [0.5, 0.6) is 11.5 Å². The van der Waals surface area contributed by atoms with Crippen molar-refractivity contribution in [3.63, 3.8) is 0 Å². The van der Waals surface area contributed by atoms with Gasteiger partial charge in [0.2, 0.25) is 29.5 Å². The van der Waals surface area contributed by atoms with Crippen LogP contribution < -0.4 is 25.4 Å². The Morgan fingerprint density at radius 1 is 0.855 bits per heavy atom. The number of amides is 5. The molecule has 1 saturated heterocycles. The molecular weight excluding hydrogens is 722 g/mol. The first-order chi connectivity index (χ1) is 26.3. The van der Waals surface area contributed by atoms with Crippen LogP contribution in [0.15, 0.2) is 12.1 Å². The zero-order chi connectivity index (χ0) is 41.3. The Morgan fingerprint density at radius 3 is 2.04 bits per heavy atom. The van der Waals surface area contributed by atoms with Gasteiger partial charge in [0, 0.05) is 64.2 Å². The van der Waals surface area contributed by atoms with Gasteiger partial charge in [-0.25, -0.2) is 0 Å². The molecule has 55 heavy (non-hydrogen) atoms. The Bertz CT molecular complexity index is 1420. The van der Waals surface area contributed by atoms with Crippen molar-refractivity contribution in [2.75, 3.05) is 66.3 Å². The number of methoxy groups -OCH3 is 1. The van der Waals surface area contributed by atoms with E-state index < -0.39 is 17.0 Å². The summed E-state index contributed by atoms with van der Waals surface area (Å²) in [6.45, 7) is 12.7. The van der Waals surface area contributed by atoms with E-state index in [1.54, 1.807) is 6.92 Å². The number of benzene rings is 1. The van der Waals surface area contributed by atoms with Crippen molar-refractivity contribution >= 4 is 41.2 Å². The van der Waals surface area contributed by atoms with Gasteiger partial charge in [0.1, 0.15) is 6.10 Å². The summed E-state index contributed by atoms with van der Waals surface area (Å²) in [5, 5.41) is 19.7. The maximum Gasteiger partial charge on any atom is 0.306 e. The third-order valence-electron chi connectivity index (χ3n) is 8.18. The summed E-state index contributed by atoms with van der Waals surface area (Å²) in [7, 11) is 1.38. The van der Waals surface area contributed by atoms with Crippen LogP contribution in [0.4, 0.5) is 5.69 Å². The molecule has 0 aliphatic carbocycles. The first kappa shape index (κ1) is 48.2. The molecule has 1 heterocycles. The number of nitro groups is 1. The molecule has 18 nitrogen and oxygen atoms in total. The molecule has 310 valence electrons. The number of esters is 1. The van der Waals surface area contributed by atoms with Crippen LogP contribution in [-0.2, 0) is 43.0 Å². The third kappa shape index (κ3) is 17.9. The van der Waals surface area contributed by atoms with Crippen LogP contribution in [-0.4, -0.2) is 112 Å². The normalized spacial score (nSPS) is 14.1. The lowest BCUT2D eigenvalue weighted by Crippen LogP contribution is -2.36. The molecule has 0 radical (unpaired) electrons. The van der Waals surface area contributed by atoms with Crippen molar-refractivity contribution < 1.29 is 57.4 Å². The Balaban J connectivity index is 0.00000743. The Morgan fingerprint density at radius 2 is 1.45 bits per heavy atom. The number of rotatable bonds is 26. The van der Waals surface area contributed by atoms with Gasteiger partial charge in [-0.15, -0.1) is 0 Å². The van der Waals surface area contributed by atoms with E-state index in [1.165, 1.54) is 26.2 Å². The van der Waals surface area contributed by atoms with Gasteiger partial charge in [-0.2, -0.15) is 0 Å². The summed E-state index contributed by atoms with van der Waals surface area (Å²) in [4.78, 5) is 84.6. The number of nitro benzene ring substituents is 1. The van der Waals surface area contributed by atoms with E-state index in [0.717, 1.165) is 4.90 Å². The highest BCUT2D eigenvalue weighted by atomic mass is 16.6. The summed E-state index contributed by atoms with van der Waals surface area (Å²) < 4.78 is 27.0. The smallest absolute Gasteiger partial charge is 0.306 e. The van der Waals surface area contributed by atoms with Crippen molar-refractivity contribution in [3.8, 4) is 11.5 Å². The molecule has 0 spiro atoms. The van der Waals surface area contributed by atoms with E-state index in [1.807, 2.05) is 27.7 Å². The Kier molecular flexibility index (Phi) is 23.5. The predicted octanol–water partition coefficient (Wildman–Crippen LogP) is 3.00. The van der Waals surface area contributed by atoms with Gasteiger partial charge in [0.15, 0.2) is 11.5 Å². The molecule has 0 bridgehead atoms. The lowest BCUT2D eigenvalue weighted by atomic mass is 9.94. The van der Waals surface area contributed by atoms with Gasteiger partial charge in [-0.3, -0.25) is 43.8 Å². The average molecular weight is 782 g/mol. The van der Waals surface area contributed by atoms with Crippen molar-refractivity contribution in [1.82, 2.24) is 20.9 Å². The number of likely N-dealkylation sites (tertiary alicyclic amines) is 1. The summed E-state index contributed by atoms with van der Waals surface area (Å²) in [6, 6.07) is 2.60. The minimum atomic E-state index is -0.875. The Hall–Kier alpha value is -4.84. The lowest BCUT2D eigenvalue weighted by molar-refractivity contribution is -0.386. The van der Waals surface area contributed by atoms with Crippen molar-refractivity contribution in [3.05, 3.63) is 27.8 Å². The van der Waals surface area contributed by atoms with Crippen LogP contribution in [0.1, 0.15) is 91.7 Å². The maximum atomic E-state index is 12.3. The van der Waals surface area contributed by atoms with Gasteiger partial charge in [-0.05, 0) is 25.3 Å². The first-order valence-corrected chi connectivity index (χ1v) is 18.8. The molecule has 1 aliphatic rings. The minimum absolute atomic E-state index is 0.0299. The second-order valence-corrected chi connectivity index (χ2v) is 12.5. The third-order valence-corrected chi connectivity index (χ3v) is 8.18. The summed E-state index contributed by atoms with van der Waals surface area (Å²) in [6.07, 6.45) is 0.0103. The molecule has 0 saturated carbocycles. The van der Waals surface area contributed by atoms with Crippen molar-refractivity contribution in [2.24, 2.45) is 11.8 Å². The standard InChI is InChI=1S/C35H53N5O13.C2H6/c1-6-34(45)53-24(4)26-20-28(49-5)29(22-27(26)40(47)48)52-15-7-8-30(41)36-11-12-37-32(43)10-16-50-18-19-51-17-13-38-31(42)9-14-39-33(44)21-25(23(2)3)35(39)46;1-2/h20,22-25H,6-19,21H2,1-5H3,(H,36,41)(H,37,43)(H,38,42);1-2H3. The molecule has 1 aromatic carbocycles. The highest BCUT2D eigenvalue weighted by Gasteiger charge is 2.39. The van der Waals surface area contributed by atoms with Crippen LogP contribution >= 0.6 is 0 Å². The molecule has 1 aliphatic heterocycles. The number of imide groups is 1. The average Bonchev–Trinajstić information content (AvgIpc) is 3.45. The number of hydrogen-bond acceptors (Lipinski definition) is 13. The molecule has 5 amide bonds. The number of ether oxygens (including phenoxy) is 5. The molecule has 1 aromatic rings. The fraction of sp³-hybridized carbons (Fsp3) is 0.676. The first-order valence-electron chi connectivity index (χ1n) is 18.8. The molecule has 2 unspecified atom stereocenters. The summed E-state index contributed by atoms with van der Waals surface area (Å²) in [5.41, 5.74) is -0.132. The van der Waals surface area contributed by atoms with E-state index in [4.69, 9.17) is 23.7 Å². The number of nitrogens with zero attached hydrogens (tertiary/aromatic N) is 2.